The van der Waals surface area contributed by atoms with Crippen LogP contribution in [0.4, 0.5) is 0 Å². The van der Waals surface area contributed by atoms with Crippen molar-refractivity contribution in [3.8, 4) is 0 Å². The van der Waals surface area contributed by atoms with Gasteiger partial charge in [0.05, 0.1) is 12.3 Å². The molecule has 1 heterocycles. The van der Waals surface area contributed by atoms with Gasteiger partial charge in [0.1, 0.15) is 5.58 Å². The summed E-state index contributed by atoms with van der Waals surface area (Å²) in [4.78, 5) is 0. The van der Waals surface area contributed by atoms with Crippen molar-refractivity contribution in [3.63, 3.8) is 0 Å². The molecule has 0 bridgehead atoms. The fraction of sp³-hybridized carbons (Fsp3) is 0.222. The molecule has 0 amide bonds. The lowest BCUT2D eigenvalue weighted by molar-refractivity contribution is 0.433. The first-order valence-corrected chi connectivity index (χ1v) is 7.37. The van der Waals surface area contributed by atoms with Gasteiger partial charge in [-0.25, -0.2) is 0 Å². The SMILES string of the molecule is NNC(CC1Cc2ccccc21)c1coc2ccccc12. The Kier molecular flexibility index (Phi) is 3.02. The standard InChI is InChI=1S/C18H18N2O/c19-20-17(10-13-9-12-5-1-2-6-14(12)13)16-11-21-18-8-4-3-7-15(16)18/h1-8,11,13,17,20H,9-10,19H2. The van der Waals surface area contributed by atoms with Crippen molar-refractivity contribution in [1.82, 2.24) is 5.43 Å². The van der Waals surface area contributed by atoms with Crippen molar-refractivity contribution in [2.24, 2.45) is 5.84 Å². The Balaban J connectivity index is 1.62. The Hall–Kier alpha value is -2.10. The van der Waals surface area contributed by atoms with E-state index in [-0.39, 0.29) is 6.04 Å². The number of fused-ring (bicyclic) bond motifs is 2. The summed E-state index contributed by atoms with van der Waals surface area (Å²) in [6, 6.07) is 16.9. The quantitative estimate of drug-likeness (QED) is 0.565. The van der Waals surface area contributed by atoms with Crippen LogP contribution < -0.4 is 11.3 Å². The average molecular weight is 278 g/mol. The van der Waals surface area contributed by atoms with Gasteiger partial charge < -0.3 is 4.42 Å². The highest BCUT2D eigenvalue weighted by atomic mass is 16.3. The maximum absolute atomic E-state index is 5.81. The predicted molar refractivity (Wildman–Crippen MR) is 83.8 cm³/mol. The third-order valence-electron chi connectivity index (χ3n) is 4.57. The van der Waals surface area contributed by atoms with Gasteiger partial charge in [0, 0.05) is 10.9 Å². The summed E-state index contributed by atoms with van der Waals surface area (Å²) in [5.41, 5.74) is 7.97. The molecule has 21 heavy (non-hydrogen) atoms. The molecular weight excluding hydrogens is 260 g/mol. The van der Waals surface area contributed by atoms with Gasteiger partial charge in [-0.2, -0.15) is 0 Å². The fourth-order valence-corrected chi connectivity index (χ4v) is 3.41. The van der Waals surface area contributed by atoms with Crippen LogP contribution in [0, 0.1) is 0 Å². The Morgan fingerprint density at radius 3 is 2.81 bits per heavy atom. The molecule has 1 aromatic heterocycles. The third-order valence-corrected chi connectivity index (χ3v) is 4.57. The molecule has 0 saturated carbocycles. The van der Waals surface area contributed by atoms with Crippen LogP contribution in [0.1, 0.15) is 35.1 Å². The number of benzene rings is 2. The molecule has 3 N–H and O–H groups in total. The predicted octanol–water partition coefficient (Wildman–Crippen LogP) is 3.67. The molecule has 1 aliphatic carbocycles. The number of hydrogen-bond donors (Lipinski definition) is 2. The number of rotatable bonds is 4. The molecule has 2 atom stereocenters. The Labute approximate surface area is 123 Å². The molecule has 3 heteroatoms. The van der Waals surface area contributed by atoms with E-state index in [1.54, 1.807) is 0 Å². The van der Waals surface area contributed by atoms with Gasteiger partial charge in [0.15, 0.2) is 0 Å². The molecule has 106 valence electrons. The highest BCUT2D eigenvalue weighted by molar-refractivity contribution is 5.81. The van der Waals surface area contributed by atoms with E-state index >= 15 is 0 Å². The van der Waals surface area contributed by atoms with E-state index in [2.05, 4.69) is 35.8 Å². The van der Waals surface area contributed by atoms with Crippen LogP contribution in [0.5, 0.6) is 0 Å². The number of para-hydroxylation sites is 1. The zero-order valence-corrected chi connectivity index (χ0v) is 11.8. The summed E-state index contributed by atoms with van der Waals surface area (Å²) >= 11 is 0. The van der Waals surface area contributed by atoms with Crippen LogP contribution in [-0.2, 0) is 6.42 Å². The van der Waals surface area contributed by atoms with Crippen LogP contribution in [0.3, 0.4) is 0 Å². The summed E-state index contributed by atoms with van der Waals surface area (Å²) < 4.78 is 5.64. The number of nitrogens with one attached hydrogen (secondary N) is 1. The molecule has 3 nitrogen and oxygen atoms in total. The second kappa shape index (κ2) is 5.02. The van der Waals surface area contributed by atoms with E-state index in [0.29, 0.717) is 5.92 Å². The van der Waals surface area contributed by atoms with Crippen LogP contribution in [-0.4, -0.2) is 0 Å². The van der Waals surface area contributed by atoms with E-state index in [1.165, 1.54) is 11.1 Å². The number of nitrogens with two attached hydrogens (primary N) is 1. The topological polar surface area (TPSA) is 51.2 Å². The molecule has 2 aromatic carbocycles. The van der Waals surface area contributed by atoms with E-state index in [1.807, 2.05) is 24.5 Å². The first-order valence-electron chi connectivity index (χ1n) is 7.37. The average Bonchev–Trinajstić information content (AvgIpc) is 2.93. The van der Waals surface area contributed by atoms with Gasteiger partial charge in [-0.15, -0.1) is 0 Å². The molecule has 0 saturated heterocycles. The second-order valence-corrected chi connectivity index (χ2v) is 5.74. The minimum atomic E-state index is 0.118. The van der Waals surface area contributed by atoms with Crippen LogP contribution >= 0.6 is 0 Å². The van der Waals surface area contributed by atoms with Crippen molar-refractivity contribution in [2.75, 3.05) is 0 Å². The molecule has 1 aliphatic rings. The van der Waals surface area contributed by atoms with Gasteiger partial charge in [-0.1, -0.05) is 42.5 Å². The second-order valence-electron chi connectivity index (χ2n) is 5.74. The summed E-state index contributed by atoms with van der Waals surface area (Å²) in [5.74, 6) is 6.39. The van der Waals surface area contributed by atoms with Crippen molar-refractivity contribution in [1.29, 1.82) is 0 Å². The highest BCUT2D eigenvalue weighted by Crippen LogP contribution is 2.41. The lowest BCUT2D eigenvalue weighted by atomic mass is 9.74. The first-order chi connectivity index (χ1) is 10.4. The normalized spacial score (nSPS) is 18.2. The van der Waals surface area contributed by atoms with E-state index < -0.39 is 0 Å². The van der Waals surface area contributed by atoms with Crippen molar-refractivity contribution in [3.05, 3.63) is 71.5 Å². The molecule has 0 radical (unpaired) electrons. The van der Waals surface area contributed by atoms with Crippen molar-refractivity contribution >= 4 is 11.0 Å². The third kappa shape index (κ3) is 2.06. The van der Waals surface area contributed by atoms with Gasteiger partial charge >= 0.3 is 0 Å². The molecule has 0 spiro atoms. The Bertz CT molecular complexity index is 777. The molecule has 0 aliphatic heterocycles. The molecule has 3 aromatic rings. The Morgan fingerprint density at radius 2 is 1.95 bits per heavy atom. The smallest absolute Gasteiger partial charge is 0.134 e. The van der Waals surface area contributed by atoms with Gasteiger partial charge in [-0.3, -0.25) is 11.3 Å². The van der Waals surface area contributed by atoms with Gasteiger partial charge in [0.25, 0.3) is 0 Å². The van der Waals surface area contributed by atoms with Crippen molar-refractivity contribution in [2.45, 2.75) is 24.8 Å². The summed E-state index contributed by atoms with van der Waals surface area (Å²) in [6.45, 7) is 0. The molecular formula is C18H18N2O. The first kappa shape index (κ1) is 12.6. The highest BCUT2D eigenvalue weighted by Gasteiger charge is 2.29. The van der Waals surface area contributed by atoms with E-state index in [9.17, 15) is 0 Å². The maximum Gasteiger partial charge on any atom is 0.134 e. The van der Waals surface area contributed by atoms with Crippen LogP contribution in [0.15, 0.2) is 59.2 Å². The zero-order chi connectivity index (χ0) is 14.2. The largest absolute Gasteiger partial charge is 0.464 e. The fourth-order valence-electron chi connectivity index (χ4n) is 3.41. The summed E-state index contributed by atoms with van der Waals surface area (Å²) in [5, 5.41) is 1.15. The van der Waals surface area contributed by atoms with Crippen LogP contribution in [0.25, 0.3) is 11.0 Å². The lowest BCUT2D eigenvalue weighted by Gasteiger charge is -2.32. The van der Waals surface area contributed by atoms with Gasteiger partial charge in [0.2, 0.25) is 0 Å². The molecule has 2 unspecified atom stereocenters. The maximum atomic E-state index is 5.81. The van der Waals surface area contributed by atoms with Crippen LogP contribution in [0.2, 0.25) is 0 Å². The van der Waals surface area contributed by atoms with E-state index in [0.717, 1.165) is 29.4 Å². The number of furan rings is 1. The minimum absolute atomic E-state index is 0.118. The van der Waals surface area contributed by atoms with Crippen molar-refractivity contribution < 1.29 is 4.42 Å². The van der Waals surface area contributed by atoms with E-state index in [4.69, 9.17) is 10.3 Å². The zero-order valence-electron chi connectivity index (χ0n) is 11.8. The number of hydrazine groups is 1. The van der Waals surface area contributed by atoms with Gasteiger partial charge in [-0.05, 0) is 36.0 Å². The number of hydrogen-bond acceptors (Lipinski definition) is 3. The Morgan fingerprint density at radius 1 is 1.14 bits per heavy atom. The summed E-state index contributed by atoms with van der Waals surface area (Å²) in [7, 11) is 0. The lowest BCUT2D eigenvalue weighted by Crippen LogP contribution is -2.31. The molecule has 4 rings (SSSR count). The minimum Gasteiger partial charge on any atom is -0.464 e. The summed E-state index contributed by atoms with van der Waals surface area (Å²) in [6.07, 6.45) is 3.97. The molecule has 0 fully saturated rings. The monoisotopic (exact) mass is 278 g/mol.